The maximum Gasteiger partial charge on any atom is 0.0610 e. The molecule has 104 valence electrons. The molecule has 3 heteroatoms. The number of hydrogen-bond donors (Lipinski definition) is 1. The van der Waals surface area contributed by atoms with E-state index in [0.717, 1.165) is 13.0 Å². The molecule has 0 aliphatic rings. The van der Waals surface area contributed by atoms with Gasteiger partial charge in [0.1, 0.15) is 0 Å². The summed E-state index contributed by atoms with van der Waals surface area (Å²) in [6.07, 6.45) is 5.32. The molecule has 2 nitrogen and oxygen atoms in total. The number of hydrogen-bond acceptors (Lipinski definition) is 2. The molecule has 0 saturated heterocycles. The van der Waals surface area contributed by atoms with Gasteiger partial charge in [-0.3, -0.25) is 0 Å². The van der Waals surface area contributed by atoms with Crippen LogP contribution in [-0.4, -0.2) is 23.9 Å². The Bertz CT molecular complexity index is 357. The second-order valence-corrected chi connectivity index (χ2v) is 9.90. The molecule has 0 spiro atoms. The molecule has 0 saturated carbocycles. The number of rotatable bonds is 5. The second kappa shape index (κ2) is 6.09. The monoisotopic (exact) mass is 269 g/mol. The summed E-state index contributed by atoms with van der Waals surface area (Å²) in [6, 6.07) is 10.3. The van der Waals surface area contributed by atoms with Gasteiger partial charge in [0.05, 0.1) is 6.61 Å². The van der Waals surface area contributed by atoms with Crippen molar-refractivity contribution in [1.82, 2.24) is 0 Å². The van der Waals surface area contributed by atoms with Crippen LogP contribution in [0.4, 0.5) is 0 Å². The molecular weight excluding hydrogens is 242 g/mol. The molecule has 0 fully saturated rings. The van der Waals surface area contributed by atoms with Crippen molar-refractivity contribution in [2.24, 2.45) is 5.73 Å². The third-order valence-electron chi connectivity index (χ3n) is 3.51. The van der Waals surface area contributed by atoms with Crippen molar-refractivity contribution < 1.29 is 4.18 Å². The van der Waals surface area contributed by atoms with Crippen molar-refractivity contribution in [1.29, 1.82) is 0 Å². The standard InChI is InChI=1S/C15H27NOS/c1-15(2,3)18(4,5)17-12-11-14(16)13-9-7-6-8-10-13/h6-10,14H,11-12,16H2,1-5H3. The van der Waals surface area contributed by atoms with E-state index in [-0.39, 0.29) is 10.8 Å². The maximum absolute atomic E-state index is 6.16. The van der Waals surface area contributed by atoms with E-state index in [4.69, 9.17) is 9.92 Å². The molecule has 1 rings (SSSR count). The van der Waals surface area contributed by atoms with Gasteiger partial charge in [-0.15, -0.1) is 10.3 Å². The topological polar surface area (TPSA) is 35.2 Å². The first kappa shape index (κ1) is 15.5. The van der Waals surface area contributed by atoms with Gasteiger partial charge in [-0.2, -0.15) is 0 Å². The van der Waals surface area contributed by atoms with Crippen molar-refractivity contribution in [2.45, 2.75) is 38.0 Å². The van der Waals surface area contributed by atoms with Gasteiger partial charge < -0.3 is 9.92 Å². The molecule has 1 aromatic rings. The summed E-state index contributed by atoms with van der Waals surface area (Å²) < 4.78 is 6.30. The molecular formula is C15H27NOS. The zero-order chi connectivity index (χ0) is 13.8. The number of nitrogens with two attached hydrogens (primary N) is 1. The first-order valence-electron chi connectivity index (χ1n) is 6.42. The van der Waals surface area contributed by atoms with E-state index in [9.17, 15) is 0 Å². The Morgan fingerprint density at radius 1 is 1.17 bits per heavy atom. The fourth-order valence-electron chi connectivity index (χ4n) is 1.43. The fraction of sp³-hybridized carbons (Fsp3) is 0.600. The van der Waals surface area contributed by atoms with E-state index < -0.39 is 10.3 Å². The van der Waals surface area contributed by atoms with E-state index in [0.29, 0.717) is 0 Å². The third-order valence-corrected chi connectivity index (χ3v) is 7.21. The SMILES string of the molecule is CC(C)(C)S(C)(C)OCCC(N)c1ccccc1. The molecule has 0 bridgehead atoms. The first-order chi connectivity index (χ1) is 8.24. The molecule has 1 atom stereocenters. The van der Waals surface area contributed by atoms with Crippen LogP contribution in [0.25, 0.3) is 0 Å². The van der Waals surface area contributed by atoms with Crippen LogP contribution in [0, 0.1) is 0 Å². The molecule has 1 unspecified atom stereocenters. The quantitative estimate of drug-likeness (QED) is 0.880. The van der Waals surface area contributed by atoms with Crippen molar-refractivity contribution >= 4 is 10.3 Å². The van der Waals surface area contributed by atoms with Crippen molar-refractivity contribution in [3.63, 3.8) is 0 Å². The summed E-state index contributed by atoms with van der Waals surface area (Å²) in [7, 11) is -1.03. The third kappa shape index (κ3) is 4.30. The first-order valence-corrected chi connectivity index (χ1v) is 8.79. The van der Waals surface area contributed by atoms with E-state index in [1.54, 1.807) is 0 Å². The predicted octanol–water partition coefficient (Wildman–Crippen LogP) is 3.87. The Morgan fingerprint density at radius 3 is 2.22 bits per heavy atom. The van der Waals surface area contributed by atoms with Gasteiger partial charge in [0, 0.05) is 10.8 Å². The maximum atomic E-state index is 6.16. The summed E-state index contributed by atoms with van der Waals surface area (Å²) in [4.78, 5) is 0. The van der Waals surface area contributed by atoms with E-state index >= 15 is 0 Å². The molecule has 0 amide bonds. The average Bonchev–Trinajstić information content (AvgIpc) is 2.28. The van der Waals surface area contributed by atoms with Crippen molar-refractivity contribution in [2.75, 3.05) is 19.1 Å². The molecule has 0 aromatic heterocycles. The van der Waals surface area contributed by atoms with Crippen molar-refractivity contribution in [3.8, 4) is 0 Å². The van der Waals surface area contributed by atoms with E-state index in [2.05, 4.69) is 45.4 Å². The molecule has 0 aliphatic heterocycles. The van der Waals surface area contributed by atoms with Crippen LogP contribution < -0.4 is 5.73 Å². The highest BCUT2D eigenvalue weighted by molar-refractivity contribution is 8.29. The second-order valence-electron chi connectivity index (χ2n) is 5.97. The molecule has 2 N–H and O–H groups in total. The Balaban J connectivity index is 2.43. The molecule has 0 heterocycles. The lowest BCUT2D eigenvalue weighted by atomic mass is 10.1. The Kier molecular flexibility index (Phi) is 5.26. The highest BCUT2D eigenvalue weighted by Gasteiger charge is 2.28. The molecule has 0 radical (unpaired) electrons. The van der Waals surface area contributed by atoms with Gasteiger partial charge in [-0.1, -0.05) is 51.1 Å². The Hall–Kier alpha value is -0.510. The van der Waals surface area contributed by atoms with Crippen LogP contribution in [0.2, 0.25) is 0 Å². The van der Waals surface area contributed by atoms with Gasteiger partial charge in [-0.05, 0) is 24.5 Å². The average molecular weight is 269 g/mol. The Labute approximate surface area is 113 Å². The van der Waals surface area contributed by atoms with E-state index in [1.165, 1.54) is 5.56 Å². The summed E-state index contributed by atoms with van der Waals surface area (Å²) in [6.45, 7) is 7.44. The van der Waals surface area contributed by atoms with Crippen LogP contribution in [-0.2, 0) is 4.18 Å². The normalized spacial score (nSPS) is 15.4. The van der Waals surface area contributed by atoms with Gasteiger partial charge in [0.25, 0.3) is 0 Å². The van der Waals surface area contributed by atoms with Crippen LogP contribution >= 0.6 is 10.3 Å². The lowest BCUT2D eigenvalue weighted by Crippen LogP contribution is -2.26. The number of benzene rings is 1. The zero-order valence-corrected chi connectivity index (χ0v) is 13.1. The molecule has 1 aromatic carbocycles. The van der Waals surface area contributed by atoms with E-state index in [1.807, 2.05) is 18.2 Å². The largest absolute Gasteiger partial charge is 0.337 e. The Morgan fingerprint density at radius 2 is 1.72 bits per heavy atom. The van der Waals surface area contributed by atoms with Gasteiger partial charge in [0.2, 0.25) is 0 Å². The van der Waals surface area contributed by atoms with Gasteiger partial charge in [0.15, 0.2) is 0 Å². The smallest absolute Gasteiger partial charge is 0.0610 e. The minimum atomic E-state index is -1.03. The zero-order valence-electron chi connectivity index (χ0n) is 12.3. The molecule has 18 heavy (non-hydrogen) atoms. The van der Waals surface area contributed by atoms with Crippen molar-refractivity contribution in [3.05, 3.63) is 35.9 Å². The lowest BCUT2D eigenvalue weighted by Gasteiger charge is -2.43. The van der Waals surface area contributed by atoms with Gasteiger partial charge in [-0.25, -0.2) is 0 Å². The minimum absolute atomic E-state index is 0.0707. The highest BCUT2D eigenvalue weighted by Crippen LogP contribution is 2.53. The van der Waals surface area contributed by atoms with Gasteiger partial charge >= 0.3 is 0 Å². The highest BCUT2D eigenvalue weighted by atomic mass is 32.3. The summed E-state index contributed by atoms with van der Waals surface area (Å²) in [5.74, 6) is 0. The predicted molar refractivity (Wildman–Crippen MR) is 83.1 cm³/mol. The summed E-state index contributed by atoms with van der Waals surface area (Å²) in [5.41, 5.74) is 7.35. The summed E-state index contributed by atoms with van der Waals surface area (Å²) >= 11 is 0. The van der Waals surface area contributed by atoms with Crippen LogP contribution in [0.15, 0.2) is 30.3 Å². The van der Waals surface area contributed by atoms with Crippen LogP contribution in [0.1, 0.15) is 38.8 Å². The van der Waals surface area contributed by atoms with Crippen LogP contribution in [0.3, 0.4) is 0 Å². The minimum Gasteiger partial charge on any atom is -0.337 e. The van der Waals surface area contributed by atoms with Crippen LogP contribution in [0.5, 0.6) is 0 Å². The fourth-order valence-corrected chi connectivity index (χ4v) is 2.29. The summed E-state index contributed by atoms with van der Waals surface area (Å²) in [5, 5.41) is 0. The molecule has 0 aliphatic carbocycles. The lowest BCUT2D eigenvalue weighted by molar-refractivity contribution is 0.327.